The number of hydrogen-bond donors (Lipinski definition) is 1. The fourth-order valence-electron chi connectivity index (χ4n) is 15.4. The Bertz CT molecular complexity index is 7330. The van der Waals surface area contributed by atoms with E-state index in [1.807, 2.05) is 50.2 Å². The molecular formula is C102H73ClFN10Na. The molecule has 0 saturated heterocycles. The van der Waals surface area contributed by atoms with Gasteiger partial charge in [-0.15, -0.1) is 24.2 Å². The van der Waals surface area contributed by atoms with E-state index in [1.54, 1.807) is 6.92 Å². The zero-order valence-electron chi connectivity index (χ0n) is 65.6. The van der Waals surface area contributed by atoms with E-state index in [4.69, 9.17) is 27.9 Å². The van der Waals surface area contributed by atoms with E-state index in [0.717, 1.165) is 87.7 Å². The predicted molar refractivity (Wildman–Crippen MR) is 477 cm³/mol. The largest absolute Gasteiger partial charge is 1.00 e. The van der Waals surface area contributed by atoms with Crippen molar-refractivity contribution in [2.45, 2.75) is 20.8 Å². The van der Waals surface area contributed by atoms with Crippen molar-refractivity contribution in [2.75, 3.05) is 7.15 Å². The normalized spacial score (nSPS) is 11.0. The van der Waals surface area contributed by atoms with Gasteiger partial charge in [-0.05, 0) is 160 Å². The first-order chi connectivity index (χ1) is 56.7. The topological polar surface area (TPSA) is 108 Å². The zero-order valence-corrected chi connectivity index (χ0v) is 66.3. The maximum absolute atomic E-state index is 9.96. The molecule has 6 heterocycles. The van der Waals surface area contributed by atoms with E-state index in [-0.39, 0.29) is 36.3 Å². The Hall–Kier alpha value is -13.9. The van der Waals surface area contributed by atoms with Gasteiger partial charge in [-0.25, -0.2) is 9.97 Å². The van der Waals surface area contributed by atoms with Crippen LogP contribution in [0.2, 0.25) is 5.28 Å². The fourth-order valence-corrected chi connectivity index (χ4v) is 15.6. The second-order valence-electron chi connectivity index (χ2n) is 27.2. The van der Waals surface area contributed by atoms with Crippen molar-refractivity contribution in [1.29, 1.82) is 0 Å². The fraction of sp³-hybridized carbons (Fsp3) is 0.0392. The molecule has 10 nitrogen and oxygen atoms in total. The third-order valence-corrected chi connectivity index (χ3v) is 20.7. The molecule has 0 aliphatic rings. The zero-order chi connectivity index (χ0) is 78.3. The van der Waals surface area contributed by atoms with E-state index in [1.165, 1.54) is 76.2 Å². The number of alkyl halides is 1. The van der Waals surface area contributed by atoms with E-state index >= 15 is 0 Å². The van der Waals surface area contributed by atoms with Gasteiger partial charge in [0.15, 0.2) is 23.3 Å². The van der Waals surface area contributed by atoms with Crippen LogP contribution in [0.1, 0.15) is 23.6 Å². The van der Waals surface area contributed by atoms with Crippen LogP contribution in [0.15, 0.2) is 352 Å². The standard InChI is InChI=1S/C47H29N5.C24H16N2.C23H14ClN3.C4H6.C3H4.CH3F.Na.H/c1-2-16-36(17-3-1)51-41-21-11-9-19-39(41)43-42(51)27-26-38-37-18-8-10-20-40(37)52(44(38)43)47-49-45(34-24-22-30-12-4-6-14-32(30)28-34)48-46(50-47)35-25-23-31-13-5-7-15-33(31)29-35;1-2-8-16(9-3-1)26-21-13-7-5-11-19(21)23-22(26)15-14-18-17-10-4-6-12-20(17)25-24(18)23;24-23-26-21(19-11-9-15-5-1-3-7-17(15)13-19)25-22(27-23)20-12-10-16-6-2-4-8-18(16)14-20;1-3-4-2;1-3-2;1-2;;/h1-29H;1-15,25H;1-14H;1-2H3;1H,2H3;1H3;;/q;;;;;;+1;-1/i;;;;;1D;;. The average Bonchev–Trinajstić information content (AvgIpc) is 1.55. The molecule has 0 radical (unpaired) electrons. The molecule has 0 saturated carbocycles. The molecule has 0 atom stereocenters. The van der Waals surface area contributed by atoms with Gasteiger partial charge in [-0.1, -0.05) is 267 Å². The van der Waals surface area contributed by atoms with Gasteiger partial charge in [0.25, 0.3) is 0 Å². The van der Waals surface area contributed by atoms with Gasteiger partial charge in [0.1, 0.15) is 0 Å². The first-order valence-electron chi connectivity index (χ1n) is 38.1. The van der Waals surface area contributed by atoms with Crippen LogP contribution < -0.4 is 29.6 Å². The Labute approximate surface area is 694 Å². The molecule has 13 heteroatoms. The molecule has 115 heavy (non-hydrogen) atoms. The summed E-state index contributed by atoms with van der Waals surface area (Å²) in [6.07, 6.45) is 4.60. The molecule has 16 aromatic carbocycles. The maximum Gasteiger partial charge on any atom is 1.00 e. The van der Waals surface area contributed by atoms with Crippen molar-refractivity contribution in [3.8, 4) is 87.1 Å². The number of fused-ring (bicyclic) bond motifs is 18. The number of nitrogens with zero attached hydrogens (tertiary/aromatic N) is 9. The summed E-state index contributed by atoms with van der Waals surface area (Å²) in [6, 6.07) is 123. The molecule has 0 aliphatic carbocycles. The van der Waals surface area contributed by atoms with Crippen molar-refractivity contribution in [3.63, 3.8) is 0 Å². The molecule has 6 aromatic heterocycles. The van der Waals surface area contributed by atoms with Crippen LogP contribution in [0.4, 0.5) is 4.39 Å². The van der Waals surface area contributed by atoms with Crippen molar-refractivity contribution in [3.05, 3.63) is 357 Å². The van der Waals surface area contributed by atoms with Gasteiger partial charge in [0.05, 0.1) is 47.1 Å². The number of benzene rings is 16. The molecular weight excluding hydrogens is 1440 g/mol. The molecule has 0 spiro atoms. The van der Waals surface area contributed by atoms with Crippen LogP contribution in [0.5, 0.6) is 0 Å². The summed E-state index contributed by atoms with van der Waals surface area (Å²) in [7, 11) is -1.00. The number of halogens is 2. The molecule has 22 aromatic rings. The maximum atomic E-state index is 9.96. The van der Waals surface area contributed by atoms with Crippen LogP contribution in [-0.2, 0) is 0 Å². The first kappa shape index (κ1) is 73.9. The first-order valence-corrected chi connectivity index (χ1v) is 37.8. The van der Waals surface area contributed by atoms with Crippen LogP contribution in [-0.4, -0.2) is 55.7 Å². The number of nitrogens with one attached hydrogen (secondary N) is 1. The predicted octanol–water partition coefficient (Wildman–Crippen LogP) is 23.7. The van der Waals surface area contributed by atoms with Crippen LogP contribution in [0.25, 0.3) is 193 Å². The molecule has 22 rings (SSSR count). The van der Waals surface area contributed by atoms with E-state index in [0.29, 0.717) is 29.2 Å². The Morgan fingerprint density at radius 1 is 0.339 bits per heavy atom. The van der Waals surface area contributed by atoms with Crippen molar-refractivity contribution in [2.24, 2.45) is 0 Å². The summed E-state index contributed by atoms with van der Waals surface area (Å²) in [6.45, 7) is 5.29. The third kappa shape index (κ3) is 14.6. The van der Waals surface area contributed by atoms with Gasteiger partial charge in [-0.3, -0.25) is 8.96 Å². The summed E-state index contributed by atoms with van der Waals surface area (Å²) < 4.78 is 22.5. The molecule has 546 valence electrons. The van der Waals surface area contributed by atoms with Gasteiger partial charge in [0, 0.05) is 82.2 Å². The minimum absolute atomic E-state index is 0. The van der Waals surface area contributed by atoms with Gasteiger partial charge in [0.2, 0.25) is 11.2 Å². The Morgan fingerprint density at radius 2 is 0.670 bits per heavy atom. The molecule has 0 amide bonds. The summed E-state index contributed by atoms with van der Waals surface area (Å²) in [5.41, 5.74) is 15.3. The van der Waals surface area contributed by atoms with Crippen molar-refractivity contribution < 1.29 is 36.7 Å². The van der Waals surface area contributed by atoms with Gasteiger partial charge >= 0.3 is 29.6 Å². The quantitative estimate of drug-likeness (QED) is 0.126. The Kier molecular flexibility index (Phi) is 21.6. The third-order valence-electron chi connectivity index (χ3n) is 20.5. The van der Waals surface area contributed by atoms with E-state index < -0.39 is 7.15 Å². The summed E-state index contributed by atoms with van der Waals surface area (Å²) in [5.74, 6) is 10.6. The second kappa shape index (κ2) is 33.6. The van der Waals surface area contributed by atoms with Crippen molar-refractivity contribution in [1.82, 2.24) is 48.6 Å². The monoisotopic (exact) mass is 1520 g/mol. The number of hydrogen-bond acceptors (Lipinski definition) is 6. The van der Waals surface area contributed by atoms with E-state index in [9.17, 15) is 4.39 Å². The molecule has 0 fully saturated rings. The molecule has 0 bridgehead atoms. The number of terminal acetylenes is 1. The van der Waals surface area contributed by atoms with Crippen LogP contribution in [0, 0.1) is 24.2 Å². The second-order valence-corrected chi connectivity index (χ2v) is 27.5. The summed E-state index contributed by atoms with van der Waals surface area (Å²) in [4.78, 5) is 32.9. The Morgan fingerprint density at radius 3 is 1.10 bits per heavy atom. The summed E-state index contributed by atoms with van der Waals surface area (Å²) in [5, 5.41) is 19.2. The van der Waals surface area contributed by atoms with Gasteiger partial charge < -0.3 is 15.5 Å². The molecule has 1 N–H and O–H groups in total. The SMILES string of the molecule is C#CC.CC#CC.Clc1nc(-c2ccc3ccccc3c2)nc(-c2ccc3ccccc3c2)n1.[2H]CF.[H-].[Na+].c1ccc(-n2c3ccccc3c3c2ccc2c4ccccc4n(-c4nc(-c5ccc6ccccc6c5)nc(-c5ccc6ccccc6c5)n4)c23)cc1.c1ccc(-n2c3ccccc3c3c4[nH]c5ccccc5c4ccc32)cc1. The number of aromatic nitrogens is 10. The smallest absolute Gasteiger partial charge is 1.00 e. The molecule has 0 aliphatic heterocycles. The van der Waals surface area contributed by atoms with E-state index in [2.05, 4.69) is 373 Å². The number of para-hydroxylation sites is 6. The minimum Gasteiger partial charge on any atom is -1.00 e. The van der Waals surface area contributed by atoms with Gasteiger partial charge in [-0.2, -0.15) is 19.9 Å². The van der Waals surface area contributed by atoms with Crippen molar-refractivity contribution >= 4 is 142 Å². The van der Waals surface area contributed by atoms with Crippen LogP contribution in [0.3, 0.4) is 0 Å². The number of aromatic amines is 1. The minimum atomic E-state index is -1.00. The van der Waals surface area contributed by atoms with Crippen LogP contribution >= 0.6 is 11.6 Å². The average molecular weight is 1520 g/mol. The number of rotatable bonds is 7. The number of H-pyrrole nitrogens is 1. The molecule has 0 unspecified atom stereocenters. The summed E-state index contributed by atoms with van der Waals surface area (Å²) >= 11 is 6.22. The Balaban J connectivity index is 0.000000139.